The van der Waals surface area contributed by atoms with E-state index in [4.69, 9.17) is 9.47 Å². The third kappa shape index (κ3) is 4.69. The zero-order valence-electron chi connectivity index (χ0n) is 12.6. The molecule has 2 rings (SSSR count). The minimum atomic E-state index is -3.21. The number of hydrogen-bond donors (Lipinski definition) is 1. The molecule has 1 aliphatic heterocycles. The van der Waals surface area contributed by atoms with Gasteiger partial charge < -0.3 is 14.8 Å². The van der Waals surface area contributed by atoms with Gasteiger partial charge in [0.05, 0.1) is 24.7 Å². The summed E-state index contributed by atoms with van der Waals surface area (Å²) in [5.74, 6) is 0.700. The molecule has 21 heavy (non-hydrogen) atoms. The SMILES string of the molecule is CNCc1ccc(OC)c(CS(=O)(=O)CC2CCCO2)c1. The maximum Gasteiger partial charge on any atom is 0.157 e. The lowest BCUT2D eigenvalue weighted by Gasteiger charge is -2.13. The molecule has 6 heteroatoms. The summed E-state index contributed by atoms with van der Waals surface area (Å²) < 4.78 is 35.4. The van der Waals surface area contributed by atoms with Crippen LogP contribution < -0.4 is 10.1 Å². The van der Waals surface area contributed by atoms with Crippen molar-refractivity contribution in [1.29, 1.82) is 0 Å². The van der Waals surface area contributed by atoms with E-state index in [1.54, 1.807) is 7.11 Å². The highest BCUT2D eigenvalue weighted by atomic mass is 32.2. The maximum atomic E-state index is 12.3. The summed E-state index contributed by atoms with van der Waals surface area (Å²) in [4.78, 5) is 0. The predicted octanol–water partition coefficient (Wildman–Crippen LogP) is 1.51. The minimum Gasteiger partial charge on any atom is -0.496 e. The van der Waals surface area contributed by atoms with Crippen molar-refractivity contribution in [2.75, 3.05) is 26.5 Å². The topological polar surface area (TPSA) is 64.6 Å². The molecular weight excluding hydrogens is 290 g/mol. The largest absolute Gasteiger partial charge is 0.496 e. The van der Waals surface area contributed by atoms with Crippen molar-refractivity contribution in [3.8, 4) is 5.75 Å². The van der Waals surface area contributed by atoms with Crippen LogP contribution in [0.15, 0.2) is 18.2 Å². The predicted molar refractivity (Wildman–Crippen MR) is 82.2 cm³/mol. The Bertz CT molecular complexity index is 565. The first-order valence-corrected chi connectivity index (χ1v) is 8.98. The number of benzene rings is 1. The van der Waals surface area contributed by atoms with Gasteiger partial charge in [-0.15, -0.1) is 0 Å². The van der Waals surface area contributed by atoms with E-state index in [1.807, 2.05) is 25.2 Å². The van der Waals surface area contributed by atoms with Crippen LogP contribution in [-0.2, 0) is 26.9 Å². The smallest absolute Gasteiger partial charge is 0.157 e. The van der Waals surface area contributed by atoms with Crippen molar-refractivity contribution in [2.24, 2.45) is 0 Å². The van der Waals surface area contributed by atoms with E-state index in [2.05, 4.69) is 5.32 Å². The van der Waals surface area contributed by atoms with Gasteiger partial charge in [0.1, 0.15) is 5.75 Å². The summed E-state index contributed by atoms with van der Waals surface area (Å²) >= 11 is 0. The number of rotatable bonds is 7. The first kappa shape index (κ1) is 16.3. The molecule has 1 unspecified atom stereocenters. The van der Waals surface area contributed by atoms with Gasteiger partial charge in [0.2, 0.25) is 0 Å². The van der Waals surface area contributed by atoms with Gasteiger partial charge in [-0.2, -0.15) is 0 Å². The fourth-order valence-electron chi connectivity index (χ4n) is 2.61. The van der Waals surface area contributed by atoms with E-state index in [0.717, 1.165) is 18.4 Å². The molecule has 1 saturated heterocycles. The Kier molecular flexibility index (Phi) is 5.61. The molecular formula is C15H23NO4S. The molecule has 1 fully saturated rings. The summed E-state index contributed by atoms with van der Waals surface area (Å²) in [5.41, 5.74) is 1.75. The molecule has 1 N–H and O–H groups in total. The number of sulfone groups is 1. The van der Waals surface area contributed by atoms with Crippen molar-refractivity contribution in [1.82, 2.24) is 5.32 Å². The van der Waals surface area contributed by atoms with Crippen LogP contribution in [0, 0.1) is 0 Å². The second-order valence-corrected chi connectivity index (χ2v) is 7.48. The normalized spacial score (nSPS) is 18.9. The second-order valence-electron chi connectivity index (χ2n) is 5.37. The lowest BCUT2D eigenvalue weighted by atomic mass is 10.1. The van der Waals surface area contributed by atoms with Crippen molar-refractivity contribution in [3.05, 3.63) is 29.3 Å². The van der Waals surface area contributed by atoms with Crippen molar-refractivity contribution in [3.63, 3.8) is 0 Å². The van der Waals surface area contributed by atoms with Gasteiger partial charge in [0.25, 0.3) is 0 Å². The molecule has 1 aliphatic rings. The number of hydrogen-bond acceptors (Lipinski definition) is 5. The quantitative estimate of drug-likeness (QED) is 0.826. The van der Waals surface area contributed by atoms with Gasteiger partial charge in [0.15, 0.2) is 9.84 Å². The molecule has 0 spiro atoms. The zero-order valence-corrected chi connectivity index (χ0v) is 13.4. The third-order valence-electron chi connectivity index (χ3n) is 3.56. The molecule has 0 bridgehead atoms. The third-order valence-corrected chi connectivity index (χ3v) is 5.20. The van der Waals surface area contributed by atoms with Crippen LogP contribution in [-0.4, -0.2) is 41.0 Å². The van der Waals surface area contributed by atoms with E-state index in [0.29, 0.717) is 24.5 Å². The van der Waals surface area contributed by atoms with Crippen molar-refractivity contribution in [2.45, 2.75) is 31.2 Å². The summed E-state index contributed by atoms with van der Waals surface area (Å²) in [6, 6.07) is 5.65. The van der Waals surface area contributed by atoms with Crippen LogP contribution in [0.1, 0.15) is 24.0 Å². The van der Waals surface area contributed by atoms with Gasteiger partial charge in [-0.05, 0) is 37.6 Å². The Morgan fingerprint density at radius 2 is 2.24 bits per heavy atom. The molecule has 1 heterocycles. The first-order valence-electron chi connectivity index (χ1n) is 7.16. The van der Waals surface area contributed by atoms with Crippen LogP contribution >= 0.6 is 0 Å². The van der Waals surface area contributed by atoms with Gasteiger partial charge in [0, 0.05) is 18.7 Å². The second kappa shape index (κ2) is 7.24. The van der Waals surface area contributed by atoms with Crippen LogP contribution in [0.2, 0.25) is 0 Å². The number of nitrogens with one attached hydrogen (secondary N) is 1. The molecule has 0 aromatic heterocycles. The summed E-state index contributed by atoms with van der Waals surface area (Å²) in [6.07, 6.45) is 1.62. The lowest BCUT2D eigenvalue weighted by Crippen LogP contribution is -2.21. The molecule has 0 saturated carbocycles. The standard InChI is InChI=1S/C15H23NO4S/c1-16-9-12-5-6-15(19-2)13(8-12)10-21(17,18)11-14-4-3-7-20-14/h5-6,8,14,16H,3-4,7,9-11H2,1-2H3. The van der Waals surface area contributed by atoms with Crippen LogP contribution in [0.5, 0.6) is 5.75 Å². The average molecular weight is 313 g/mol. The van der Waals surface area contributed by atoms with Crippen molar-refractivity contribution < 1.29 is 17.9 Å². The molecule has 0 amide bonds. The van der Waals surface area contributed by atoms with Crippen LogP contribution in [0.4, 0.5) is 0 Å². The Morgan fingerprint density at radius 3 is 2.86 bits per heavy atom. The highest BCUT2D eigenvalue weighted by molar-refractivity contribution is 7.90. The monoisotopic (exact) mass is 313 g/mol. The molecule has 1 aromatic rings. The maximum absolute atomic E-state index is 12.3. The van der Waals surface area contributed by atoms with Gasteiger partial charge in [-0.25, -0.2) is 8.42 Å². The molecule has 0 aliphatic carbocycles. The van der Waals surface area contributed by atoms with E-state index in [-0.39, 0.29) is 17.6 Å². The molecule has 118 valence electrons. The molecule has 1 atom stereocenters. The number of methoxy groups -OCH3 is 1. The van der Waals surface area contributed by atoms with Crippen LogP contribution in [0.3, 0.4) is 0 Å². The Labute approximate surface area is 126 Å². The Balaban J connectivity index is 2.13. The van der Waals surface area contributed by atoms with Gasteiger partial charge >= 0.3 is 0 Å². The Hall–Kier alpha value is -1.11. The van der Waals surface area contributed by atoms with E-state index in [1.165, 1.54) is 0 Å². The van der Waals surface area contributed by atoms with Crippen molar-refractivity contribution >= 4 is 9.84 Å². The van der Waals surface area contributed by atoms with Gasteiger partial charge in [-0.3, -0.25) is 0 Å². The van der Waals surface area contributed by atoms with E-state index < -0.39 is 9.84 Å². The van der Waals surface area contributed by atoms with E-state index in [9.17, 15) is 8.42 Å². The zero-order chi connectivity index (χ0) is 15.3. The molecule has 1 aromatic carbocycles. The summed E-state index contributed by atoms with van der Waals surface area (Å²) in [7, 11) is 0.210. The fraction of sp³-hybridized carbons (Fsp3) is 0.600. The minimum absolute atomic E-state index is 0.00636. The highest BCUT2D eigenvalue weighted by Gasteiger charge is 2.24. The van der Waals surface area contributed by atoms with E-state index >= 15 is 0 Å². The molecule has 5 nitrogen and oxygen atoms in total. The van der Waals surface area contributed by atoms with Crippen LogP contribution in [0.25, 0.3) is 0 Å². The summed E-state index contributed by atoms with van der Waals surface area (Å²) in [6.45, 7) is 1.37. The highest BCUT2D eigenvalue weighted by Crippen LogP contribution is 2.24. The van der Waals surface area contributed by atoms with Gasteiger partial charge in [-0.1, -0.05) is 6.07 Å². The average Bonchev–Trinajstić information content (AvgIpc) is 2.91. The number of ether oxygens (including phenoxy) is 2. The molecule has 0 radical (unpaired) electrons. The Morgan fingerprint density at radius 1 is 1.43 bits per heavy atom. The summed E-state index contributed by atoms with van der Waals surface area (Å²) in [5, 5.41) is 3.06. The first-order chi connectivity index (χ1) is 10.0. The fourth-order valence-corrected chi connectivity index (χ4v) is 4.26. The lowest BCUT2D eigenvalue weighted by molar-refractivity contribution is 0.127.